The van der Waals surface area contributed by atoms with Crippen LogP contribution in [0.2, 0.25) is 10.0 Å². The summed E-state index contributed by atoms with van der Waals surface area (Å²) in [6.45, 7) is 3.38. The van der Waals surface area contributed by atoms with Crippen molar-refractivity contribution in [2.24, 2.45) is 0 Å². The third kappa shape index (κ3) is 5.24. The molecule has 2 unspecified atom stereocenters. The van der Waals surface area contributed by atoms with Gasteiger partial charge < -0.3 is 10.1 Å². The van der Waals surface area contributed by atoms with Crippen molar-refractivity contribution in [2.45, 2.75) is 43.7 Å². The summed E-state index contributed by atoms with van der Waals surface area (Å²) in [6.07, 6.45) is 1.01. The van der Waals surface area contributed by atoms with E-state index in [1.165, 1.54) is 18.2 Å². The van der Waals surface area contributed by atoms with Gasteiger partial charge in [-0.05, 0) is 38.1 Å². The Morgan fingerprint density at radius 3 is 2.16 bits per heavy atom. The van der Waals surface area contributed by atoms with Crippen molar-refractivity contribution in [1.29, 1.82) is 0 Å². The van der Waals surface area contributed by atoms with Crippen LogP contribution in [0.25, 0.3) is 0 Å². The fourth-order valence-corrected chi connectivity index (χ4v) is 5.16. The Hall–Kier alpha value is -0.990. The van der Waals surface area contributed by atoms with E-state index in [0.717, 1.165) is 4.31 Å². The van der Waals surface area contributed by atoms with Crippen molar-refractivity contribution < 1.29 is 18.0 Å². The number of hydrogen-bond acceptors (Lipinski definition) is 5. The lowest BCUT2D eigenvalue weighted by atomic mass is 10.1. The molecule has 9 heteroatoms. The highest BCUT2D eigenvalue weighted by Gasteiger charge is 2.39. The van der Waals surface area contributed by atoms with Crippen LogP contribution in [-0.2, 0) is 19.6 Å². The fraction of sp³-hybridized carbons (Fsp3) is 0.500. The monoisotopic (exact) mass is 408 g/mol. The molecule has 0 aliphatic carbocycles. The van der Waals surface area contributed by atoms with Crippen molar-refractivity contribution >= 4 is 45.3 Å². The average molecular weight is 409 g/mol. The van der Waals surface area contributed by atoms with E-state index in [1.54, 1.807) is 20.9 Å². The van der Waals surface area contributed by atoms with Gasteiger partial charge in [-0.3, -0.25) is 4.79 Å². The van der Waals surface area contributed by atoms with Crippen LogP contribution in [0.15, 0.2) is 23.1 Å². The van der Waals surface area contributed by atoms with E-state index in [-0.39, 0.29) is 40.1 Å². The highest BCUT2D eigenvalue weighted by atomic mass is 35.5. The second-order valence-electron chi connectivity index (χ2n) is 5.47. The first-order valence-electron chi connectivity index (χ1n) is 7.85. The Morgan fingerprint density at radius 2 is 1.76 bits per heavy atom. The van der Waals surface area contributed by atoms with Crippen LogP contribution in [0, 0.1) is 0 Å². The molecule has 0 amide bonds. The zero-order chi connectivity index (χ0) is 19.2. The largest absolute Gasteiger partial charge is 0.313 e. The summed E-state index contributed by atoms with van der Waals surface area (Å²) in [7, 11) is -2.57. The molecule has 1 rings (SSSR count). The van der Waals surface area contributed by atoms with E-state index in [2.05, 4.69) is 5.32 Å². The van der Waals surface area contributed by atoms with Crippen LogP contribution < -0.4 is 5.32 Å². The molecule has 1 N–H and O–H groups in total. The van der Waals surface area contributed by atoms with Crippen LogP contribution >= 0.6 is 23.2 Å². The molecular weight excluding hydrogens is 387 g/mol. The van der Waals surface area contributed by atoms with Gasteiger partial charge in [0.1, 0.15) is 6.29 Å². The van der Waals surface area contributed by atoms with Gasteiger partial charge in [-0.15, -0.1) is 0 Å². The van der Waals surface area contributed by atoms with E-state index in [1.807, 2.05) is 0 Å². The van der Waals surface area contributed by atoms with Gasteiger partial charge >= 0.3 is 0 Å². The number of aldehydes is 1. The van der Waals surface area contributed by atoms with Gasteiger partial charge in [0.15, 0.2) is 5.78 Å². The summed E-state index contributed by atoms with van der Waals surface area (Å²) in [5.74, 6) is -0.318. The Balaban J connectivity index is 3.53. The number of sulfonamides is 1. The lowest BCUT2D eigenvalue weighted by Crippen LogP contribution is -2.52. The highest BCUT2D eigenvalue weighted by Crippen LogP contribution is 2.28. The summed E-state index contributed by atoms with van der Waals surface area (Å²) in [5, 5.41) is 3.03. The highest BCUT2D eigenvalue weighted by molar-refractivity contribution is 7.89. The minimum Gasteiger partial charge on any atom is -0.313 e. The van der Waals surface area contributed by atoms with Crippen molar-refractivity contribution in [1.82, 2.24) is 9.62 Å². The number of ketones is 1. The van der Waals surface area contributed by atoms with E-state index in [4.69, 9.17) is 23.2 Å². The van der Waals surface area contributed by atoms with Crippen molar-refractivity contribution in [3.05, 3.63) is 28.2 Å². The molecule has 25 heavy (non-hydrogen) atoms. The number of nitrogens with one attached hydrogen (secondary N) is 1. The topological polar surface area (TPSA) is 83.6 Å². The Morgan fingerprint density at radius 1 is 1.20 bits per heavy atom. The number of carbonyl (C=O) groups is 2. The standard InChI is InChI=1S/C16H22Cl2N2O4S/c1-4-13(10-21)20(15(5-2)16(22)9-19-3)25(23,24)14-7-11(17)6-12(18)8-14/h6-8,10,13,15,19H,4-5,9H2,1-3H3. The van der Waals surface area contributed by atoms with Crippen LogP contribution in [0.5, 0.6) is 0 Å². The summed E-state index contributed by atoms with van der Waals surface area (Å²) in [4.78, 5) is 23.8. The molecule has 0 saturated carbocycles. The van der Waals surface area contributed by atoms with Crippen LogP contribution in [0.3, 0.4) is 0 Å². The van der Waals surface area contributed by atoms with Crippen LogP contribution in [-0.4, -0.2) is 50.5 Å². The average Bonchev–Trinajstić information content (AvgIpc) is 2.54. The van der Waals surface area contributed by atoms with Gasteiger partial charge in [0.2, 0.25) is 10.0 Å². The molecule has 0 heterocycles. The van der Waals surface area contributed by atoms with Gasteiger partial charge in [-0.25, -0.2) is 8.42 Å². The van der Waals surface area contributed by atoms with Gasteiger partial charge in [0.25, 0.3) is 0 Å². The number of rotatable bonds is 10. The summed E-state index contributed by atoms with van der Waals surface area (Å²) >= 11 is 11.8. The smallest absolute Gasteiger partial charge is 0.244 e. The Kier molecular flexibility index (Phi) is 8.50. The number of hydrogen-bond donors (Lipinski definition) is 1. The molecule has 0 saturated heterocycles. The number of likely N-dealkylation sites (N-methyl/N-ethyl adjacent to an activating group) is 1. The SMILES string of the molecule is CCC(C=O)N(C(CC)C(=O)CNC)S(=O)(=O)c1cc(Cl)cc(Cl)c1. The first-order valence-corrected chi connectivity index (χ1v) is 10.0. The first-order chi connectivity index (χ1) is 11.7. The maximum absolute atomic E-state index is 13.2. The van der Waals surface area contributed by atoms with Crippen molar-refractivity contribution in [3.8, 4) is 0 Å². The molecule has 0 aliphatic heterocycles. The first kappa shape index (κ1) is 22.1. The van der Waals surface area contributed by atoms with Gasteiger partial charge in [-0.1, -0.05) is 37.0 Å². The number of benzene rings is 1. The minimum absolute atomic E-state index is 0.00385. The minimum atomic E-state index is -4.16. The number of halogens is 2. The van der Waals surface area contributed by atoms with Gasteiger partial charge in [0.05, 0.1) is 23.5 Å². The molecule has 140 valence electrons. The van der Waals surface area contributed by atoms with Crippen LogP contribution in [0.1, 0.15) is 26.7 Å². The van der Waals surface area contributed by atoms with Gasteiger partial charge in [-0.2, -0.15) is 4.31 Å². The predicted octanol–water partition coefficient (Wildman–Crippen LogP) is 2.53. The van der Waals surface area contributed by atoms with Crippen molar-refractivity contribution in [3.63, 3.8) is 0 Å². The summed E-state index contributed by atoms with van der Waals surface area (Å²) < 4.78 is 27.3. The van der Waals surface area contributed by atoms with E-state index >= 15 is 0 Å². The molecule has 0 bridgehead atoms. The third-order valence-corrected chi connectivity index (χ3v) is 6.08. The quantitative estimate of drug-likeness (QED) is 0.601. The molecular formula is C16H22Cl2N2O4S. The molecule has 0 aromatic heterocycles. The van der Waals surface area contributed by atoms with E-state index in [0.29, 0.717) is 6.29 Å². The molecule has 2 atom stereocenters. The lowest BCUT2D eigenvalue weighted by Gasteiger charge is -2.33. The molecule has 1 aromatic carbocycles. The Bertz CT molecular complexity index is 705. The van der Waals surface area contributed by atoms with Crippen molar-refractivity contribution in [2.75, 3.05) is 13.6 Å². The molecule has 0 fully saturated rings. The second kappa shape index (κ2) is 9.64. The zero-order valence-corrected chi connectivity index (χ0v) is 16.7. The molecule has 1 aromatic rings. The molecule has 6 nitrogen and oxygen atoms in total. The predicted molar refractivity (Wildman–Crippen MR) is 98.6 cm³/mol. The van der Waals surface area contributed by atoms with Crippen LogP contribution in [0.4, 0.5) is 0 Å². The summed E-state index contributed by atoms with van der Waals surface area (Å²) in [5.41, 5.74) is 0. The van der Waals surface area contributed by atoms with E-state index in [9.17, 15) is 18.0 Å². The lowest BCUT2D eigenvalue weighted by molar-refractivity contribution is -0.123. The maximum Gasteiger partial charge on any atom is 0.244 e. The third-order valence-electron chi connectivity index (χ3n) is 3.73. The number of carbonyl (C=O) groups excluding carboxylic acids is 2. The zero-order valence-electron chi connectivity index (χ0n) is 14.3. The fourth-order valence-electron chi connectivity index (χ4n) is 2.55. The van der Waals surface area contributed by atoms with Gasteiger partial charge in [0, 0.05) is 10.0 Å². The Labute approximate surface area is 158 Å². The number of Topliss-reactive ketones (excluding diaryl/α,β-unsaturated/α-hetero) is 1. The normalized spacial score (nSPS) is 14.3. The molecule has 0 aliphatic rings. The summed E-state index contributed by atoms with van der Waals surface area (Å²) in [6, 6.07) is 1.98. The molecule has 0 spiro atoms. The maximum atomic E-state index is 13.2. The second-order valence-corrected chi connectivity index (χ2v) is 8.19. The van der Waals surface area contributed by atoms with E-state index < -0.39 is 22.1 Å². The molecule has 0 radical (unpaired) electrons. The number of nitrogens with zero attached hydrogens (tertiary/aromatic N) is 1.